The van der Waals surface area contributed by atoms with Gasteiger partial charge in [-0.2, -0.15) is 0 Å². The van der Waals surface area contributed by atoms with Gasteiger partial charge < -0.3 is 10.4 Å². The van der Waals surface area contributed by atoms with E-state index in [0.29, 0.717) is 5.56 Å². The Hall–Kier alpha value is -2.60. The fourth-order valence-corrected chi connectivity index (χ4v) is 1.99. The topological polar surface area (TPSA) is 74.6 Å². The lowest BCUT2D eigenvalue weighted by molar-refractivity contribution is 0.0943. The molecule has 2 N–H and O–H groups in total. The molecule has 0 bridgehead atoms. The number of benzene rings is 1. The maximum atomic E-state index is 12.9. The number of aliphatic imine (C=N–C) groups is 1. The highest BCUT2D eigenvalue weighted by molar-refractivity contribution is 6.09. The average Bonchev–Trinajstić information content (AvgIpc) is 2.53. The van der Waals surface area contributed by atoms with E-state index in [0.717, 1.165) is 0 Å². The van der Waals surface area contributed by atoms with E-state index < -0.39 is 17.3 Å². The zero-order chi connectivity index (χ0) is 16.2. The average molecular weight is 301 g/mol. The fourth-order valence-electron chi connectivity index (χ4n) is 1.99. The molecule has 0 aliphatic heterocycles. The van der Waals surface area contributed by atoms with E-state index >= 15 is 0 Å². The summed E-state index contributed by atoms with van der Waals surface area (Å²) in [6, 6.07) is 8.38. The molecular weight excluding hydrogens is 285 g/mol. The Bertz CT molecular complexity index is 682. The van der Waals surface area contributed by atoms with Gasteiger partial charge >= 0.3 is 0 Å². The van der Waals surface area contributed by atoms with Crippen LogP contribution in [0.5, 0.6) is 0 Å². The molecule has 1 amide bonds. The second-order valence-electron chi connectivity index (χ2n) is 4.84. The van der Waals surface area contributed by atoms with Crippen LogP contribution in [0.25, 0.3) is 0 Å². The Kier molecular flexibility index (Phi) is 4.62. The number of nitrogens with one attached hydrogen (secondary N) is 1. The van der Waals surface area contributed by atoms with Crippen LogP contribution < -0.4 is 5.32 Å². The predicted molar refractivity (Wildman–Crippen MR) is 81.0 cm³/mol. The number of nitrogens with zero attached hydrogens (tertiary/aromatic N) is 2. The minimum Gasteiger partial charge on any atom is -0.377 e. The lowest BCUT2D eigenvalue weighted by atomic mass is 9.95. The summed E-state index contributed by atoms with van der Waals surface area (Å²) < 4.78 is 12.9. The first-order valence-corrected chi connectivity index (χ1v) is 6.62. The van der Waals surface area contributed by atoms with Gasteiger partial charge in [-0.1, -0.05) is 0 Å². The molecule has 1 unspecified atom stereocenters. The van der Waals surface area contributed by atoms with Crippen molar-refractivity contribution in [3.63, 3.8) is 0 Å². The molecule has 0 aliphatic rings. The van der Waals surface area contributed by atoms with E-state index in [-0.39, 0.29) is 11.4 Å². The summed E-state index contributed by atoms with van der Waals surface area (Å²) in [6.45, 7) is 1.52. The van der Waals surface area contributed by atoms with Gasteiger partial charge in [-0.15, -0.1) is 0 Å². The molecule has 5 nitrogen and oxygen atoms in total. The molecule has 1 atom stereocenters. The zero-order valence-electron chi connectivity index (χ0n) is 12.2. The van der Waals surface area contributed by atoms with E-state index in [4.69, 9.17) is 0 Å². The molecule has 0 saturated heterocycles. The molecular formula is C16H16FN3O2. The summed E-state index contributed by atoms with van der Waals surface area (Å²) in [5.41, 5.74) is -0.663. The van der Waals surface area contributed by atoms with Crippen molar-refractivity contribution in [2.24, 2.45) is 4.99 Å². The van der Waals surface area contributed by atoms with Crippen molar-refractivity contribution in [2.75, 3.05) is 7.05 Å². The number of halogens is 1. The second kappa shape index (κ2) is 6.44. The molecule has 0 saturated carbocycles. The Morgan fingerprint density at radius 3 is 2.36 bits per heavy atom. The molecule has 1 aromatic carbocycles. The number of rotatable bonds is 3. The SMILES string of the molecule is CN=C(NC(=O)c1ccc(F)cc1)C(C)(O)c1ccncc1. The highest BCUT2D eigenvalue weighted by Gasteiger charge is 2.31. The first-order valence-electron chi connectivity index (χ1n) is 6.62. The van der Waals surface area contributed by atoms with Crippen molar-refractivity contribution in [1.29, 1.82) is 0 Å². The molecule has 114 valence electrons. The summed E-state index contributed by atoms with van der Waals surface area (Å²) >= 11 is 0. The van der Waals surface area contributed by atoms with Crippen LogP contribution in [0.2, 0.25) is 0 Å². The van der Waals surface area contributed by atoms with Gasteiger partial charge in [-0.05, 0) is 48.9 Å². The third kappa shape index (κ3) is 3.35. The van der Waals surface area contributed by atoms with Crippen LogP contribution in [-0.4, -0.2) is 28.9 Å². The third-order valence-electron chi connectivity index (χ3n) is 3.27. The van der Waals surface area contributed by atoms with E-state index in [2.05, 4.69) is 15.3 Å². The van der Waals surface area contributed by atoms with Crippen LogP contribution in [0.4, 0.5) is 4.39 Å². The first-order chi connectivity index (χ1) is 10.4. The number of amidine groups is 1. The Balaban J connectivity index is 2.22. The van der Waals surface area contributed by atoms with Crippen LogP contribution in [-0.2, 0) is 5.60 Å². The van der Waals surface area contributed by atoms with Crippen LogP contribution in [0.15, 0.2) is 53.8 Å². The highest BCUT2D eigenvalue weighted by atomic mass is 19.1. The van der Waals surface area contributed by atoms with Gasteiger partial charge in [-0.3, -0.25) is 14.8 Å². The number of pyridine rings is 1. The van der Waals surface area contributed by atoms with Gasteiger partial charge in [0.15, 0.2) is 0 Å². The molecule has 0 spiro atoms. The Labute approximate surface area is 127 Å². The molecule has 0 aliphatic carbocycles. The van der Waals surface area contributed by atoms with Crippen molar-refractivity contribution >= 4 is 11.7 Å². The predicted octanol–water partition coefficient (Wildman–Crippen LogP) is 1.89. The maximum absolute atomic E-state index is 12.9. The van der Waals surface area contributed by atoms with E-state index in [1.807, 2.05) is 0 Å². The van der Waals surface area contributed by atoms with Gasteiger partial charge in [0.05, 0.1) is 0 Å². The summed E-state index contributed by atoms with van der Waals surface area (Å²) in [6.07, 6.45) is 3.08. The molecule has 22 heavy (non-hydrogen) atoms. The lowest BCUT2D eigenvalue weighted by Crippen LogP contribution is -2.45. The number of hydrogen-bond donors (Lipinski definition) is 2. The summed E-state index contributed by atoms with van der Waals surface area (Å²) in [4.78, 5) is 20.0. The monoisotopic (exact) mass is 301 g/mol. The third-order valence-corrected chi connectivity index (χ3v) is 3.27. The molecule has 1 heterocycles. The minimum absolute atomic E-state index is 0.0908. The normalized spacial score (nSPS) is 14.3. The molecule has 1 aromatic heterocycles. The fraction of sp³-hybridized carbons (Fsp3) is 0.188. The number of aliphatic hydroxyl groups is 1. The van der Waals surface area contributed by atoms with Crippen LogP contribution in [0.1, 0.15) is 22.8 Å². The summed E-state index contributed by atoms with van der Waals surface area (Å²) in [7, 11) is 1.47. The van der Waals surface area contributed by atoms with Gasteiger partial charge in [-0.25, -0.2) is 4.39 Å². The molecule has 0 fully saturated rings. The summed E-state index contributed by atoms with van der Waals surface area (Å²) in [5.74, 6) is -0.812. The van der Waals surface area contributed by atoms with Crippen LogP contribution in [0, 0.1) is 5.82 Å². The second-order valence-corrected chi connectivity index (χ2v) is 4.84. The first kappa shape index (κ1) is 15.8. The van der Waals surface area contributed by atoms with E-state index in [9.17, 15) is 14.3 Å². The molecule has 0 radical (unpaired) electrons. The molecule has 6 heteroatoms. The minimum atomic E-state index is -1.48. The van der Waals surface area contributed by atoms with Crippen molar-refractivity contribution in [2.45, 2.75) is 12.5 Å². The largest absolute Gasteiger partial charge is 0.377 e. The number of aromatic nitrogens is 1. The molecule has 2 aromatic rings. The van der Waals surface area contributed by atoms with Crippen molar-refractivity contribution in [3.8, 4) is 0 Å². The zero-order valence-corrected chi connectivity index (χ0v) is 12.2. The van der Waals surface area contributed by atoms with E-state index in [1.54, 1.807) is 24.5 Å². The molecule has 2 rings (SSSR count). The number of carbonyl (C=O) groups excluding carboxylic acids is 1. The summed E-state index contributed by atoms with van der Waals surface area (Å²) in [5, 5.41) is 13.2. The number of hydrogen-bond acceptors (Lipinski definition) is 4. The highest BCUT2D eigenvalue weighted by Crippen LogP contribution is 2.21. The standard InChI is InChI=1S/C16H16FN3O2/c1-16(22,12-7-9-19-10-8-12)15(18-2)20-14(21)11-3-5-13(17)6-4-11/h3-10,22H,1-2H3,(H,18,20,21). The Morgan fingerprint density at radius 1 is 1.23 bits per heavy atom. The van der Waals surface area contributed by atoms with Crippen LogP contribution >= 0.6 is 0 Å². The Morgan fingerprint density at radius 2 is 1.82 bits per heavy atom. The number of amides is 1. The van der Waals surface area contributed by atoms with Crippen molar-refractivity contribution in [1.82, 2.24) is 10.3 Å². The lowest BCUT2D eigenvalue weighted by Gasteiger charge is -2.25. The van der Waals surface area contributed by atoms with Crippen LogP contribution in [0.3, 0.4) is 0 Å². The van der Waals surface area contributed by atoms with Crippen molar-refractivity contribution < 1.29 is 14.3 Å². The number of carbonyl (C=O) groups is 1. The van der Waals surface area contributed by atoms with Gasteiger partial charge in [0.25, 0.3) is 5.91 Å². The van der Waals surface area contributed by atoms with Gasteiger partial charge in [0, 0.05) is 25.0 Å². The van der Waals surface area contributed by atoms with Crippen molar-refractivity contribution in [3.05, 3.63) is 65.7 Å². The van der Waals surface area contributed by atoms with Gasteiger partial charge in [0.1, 0.15) is 17.3 Å². The quantitative estimate of drug-likeness (QED) is 0.671. The maximum Gasteiger partial charge on any atom is 0.256 e. The smallest absolute Gasteiger partial charge is 0.256 e. The van der Waals surface area contributed by atoms with E-state index in [1.165, 1.54) is 38.2 Å². The van der Waals surface area contributed by atoms with Gasteiger partial charge in [0.2, 0.25) is 0 Å².